The summed E-state index contributed by atoms with van der Waals surface area (Å²) in [5, 5.41) is 75.3. The summed E-state index contributed by atoms with van der Waals surface area (Å²) < 4.78 is 11.0. The number of unbranched alkanes of at least 4 members (excludes halogenated alkanes) is 20. The van der Waals surface area contributed by atoms with Crippen LogP contribution in [0.1, 0.15) is 174 Å². The molecule has 9 atom stereocenters. The van der Waals surface area contributed by atoms with Gasteiger partial charge in [-0.05, 0) is 38.5 Å². The zero-order valence-electron chi connectivity index (χ0n) is 32.8. The van der Waals surface area contributed by atoms with E-state index in [1.54, 1.807) is 0 Å². The maximum atomic E-state index is 13.0. The van der Waals surface area contributed by atoms with Crippen molar-refractivity contribution in [2.24, 2.45) is 0 Å². The van der Waals surface area contributed by atoms with E-state index in [4.69, 9.17) is 9.47 Å². The topological polar surface area (TPSA) is 189 Å². The third-order valence-electron chi connectivity index (χ3n) is 10.3. The van der Waals surface area contributed by atoms with Crippen LogP contribution in [0.3, 0.4) is 0 Å². The summed E-state index contributed by atoms with van der Waals surface area (Å²) in [6.45, 7) is 3.38. The number of carbonyl (C=O) groups is 1. The van der Waals surface area contributed by atoms with Gasteiger partial charge in [0.15, 0.2) is 6.29 Å². The lowest BCUT2D eigenvalue weighted by molar-refractivity contribution is -0.303. The Hall–Kier alpha value is -1.15. The van der Waals surface area contributed by atoms with Crippen molar-refractivity contribution >= 4 is 5.91 Å². The van der Waals surface area contributed by atoms with Crippen LogP contribution in [0.15, 0.2) is 12.2 Å². The number of allylic oxidation sites excluding steroid dienone is 2. The van der Waals surface area contributed by atoms with Crippen molar-refractivity contribution in [3.63, 3.8) is 0 Å². The van der Waals surface area contributed by atoms with Crippen LogP contribution in [0, 0.1) is 0 Å². The first-order valence-electron chi connectivity index (χ1n) is 21.1. The van der Waals surface area contributed by atoms with E-state index >= 15 is 0 Å². The molecule has 0 spiro atoms. The Bertz CT molecular complexity index is 861. The first kappa shape index (κ1) is 48.9. The SMILES string of the molecule is CCCCC/C=C\CCCCCCC(O)C(=O)NC(COC1OC(CO)C(O)C(O)C1O)C(O)C(O)CCCCCCCCCCCCCCCC. The number of rotatable bonds is 34. The predicted octanol–water partition coefficient (Wildman–Crippen LogP) is 5.72. The van der Waals surface area contributed by atoms with Crippen molar-refractivity contribution in [2.75, 3.05) is 13.2 Å². The lowest BCUT2D eigenvalue weighted by atomic mass is 9.98. The number of hydrogen-bond acceptors (Lipinski definition) is 10. The van der Waals surface area contributed by atoms with Crippen LogP contribution in [0.2, 0.25) is 0 Å². The number of aliphatic hydroxyl groups is 7. The lowest BCUT2D eigenvalue weighted by Crippen LogP contribution is -2.60. The molecule has 11 heteroatoms. The lowest BCUT2D eigenvalue weighted by Gasteiger charge is -2.40. The largest absolute Gasteiger partial charge is 0.394 e. The summed E-state index contributed by atoms with van der Waals surface area (Å²) in [7, 11) is 0. The number of ether oxygens (including phenoxy) is 2. The maximum Gasteiger partial charge on any atom is 0.249 e. The molecular formula is C41H79NO10. The smallest absolute Gasteiger partial charge is 0.249 e. The minimum atomic E-state index is -1.66. The van der Waals surface area contributed by atoms with Gasteiger partial charge in [0.1, 0.15) is 36.6 Å². The summed E-state index contributed by atoms with van der Waals surface area (Å²) in [4.78, 5) is 13.0. The molecule has 8 N–H and O–H groups in total. The number of carbonyl (C=O) groups excluding carboxylic acids is 1. The first-order chi connectivity index (χ1) is 25.2. The third-order valence-corrected chi connectivity index (χ3v) is 10.3. The summed E-state index contributed by atoms with van der Waals surface area (Å²) in [5.41, 5.74) is 0. The second kappa shape index (κ2) is 32.1. The summed E-state index contributed by atoms with van der Waals surface area (Å²) in [5.74, 6) is -0.708. The molecule has 308 valence electrons. The van der Waals surface area contributed by atoms with E-state index in [9.17, 15) is 40.5 Å². The molecule has 11 nitrogen and oxygen atoms in total. The van der Waals surface area contributed by atoms with Crippen molar-refractivity contribution in [1.29, 1.82) is 0 Å². The predicted molar refractivity (Wildman–Crippen MR) is 206 cm³/mol. The van der Waals surface area contributed by atoms with Gasteiger partial charge in [-0.15, -0.1) is 0 Å². The van der Waals surface area contributed by atoms with Crippen LogP contribution in [0.25, 0.3) is 0 Å². The van der Waals surface area contributed by atoms with Gasteiger partial charge in [-0.1, -0.05) is 148 Å². The fourth-order valence-corrected chi connectivity index (χ4v) is 6.73. The molecule has 9 unspecified atom stereocenters. The molecule has 1 rings (SSSR count). The van der Waals surface area contributed by atoms with Gasteiger partial charge in [-0.25, -0.2) is 0 Å². The molecular weight excluding hydrogens is 666 g/mol. The average molecular weight is 746 g/mol. The van der Waals surface area contributed by atoms with E-state index < -0.39 is 74.2 Å². The van der Waals surface area contributed by atoms with Crippen molar-refractivity contribution in [3.05, 3.63) is 12.2 Å². The van der Waals surface area contributed by atoms with E-state index in [1.807, 2.05) is 0 Å². The first-order valence-corrected chi connectivity index (χ1v) is 21.1. The number of hydrogen-bond donors (Lipinski definition) is 8. The van der Waals surface area contributed by atoms with Gasteiger partial charge in [0.05, 0.1) is 25.4 Å². The molecule has 0 aromatic heterocycles. The molecule has 0 radical (unpaired) electrons. The standard InChI is InChI=1S/C41H79NO10/c1-3-5-7-9-11-13-15-16-17-19-20-22-24-26-28-33(44)36(46)32(31-51-41-39(49)38(48)37(47)35(30-43)52-41)42-40(50)34(45)29-27-25-23-21-18-14-12-10-8-6-4-2/h12,14,32-39,41,43-49H,3-11,13,15-31H2,1-2H3,(H,42,50)/b14-12-. The molecule has 1 fully saturated rings. The Morgan fingerprint density at radius 1 is 0.654 bits per heavy atom. The van der Waals surface area contributed by atoms with Gasteiger partial charge in [0, 0.05) is 0 Å². The van der Waals surface area contributed by atoms with Crippen LogP contribution in [0.4, 0.5) is 0 Å². The Morgan fingerprint density at radius 2 is 1.12 bits per heavy atom. The summed E-state index contributed by atoms with van der Waals surface area (Å²) >= 11 is 0. The molecule has 0 bridgehead atoms. The van der Waals surface area contributed by atoms with Gasteiger partial charge in [-0.2, -0.15) is 0 Å². The normalized spacial score (nSPS) is 23.1. The second-order valence-electron chi connectivity index (χ2n) is 15.1. The van der Waals surface area contributed by atoms with E-state index in [0.717, 1.165) is 51.4 Å². The minimum absolute atomic E-state index is 0.247. The highest BCUT2D eigenvalue weighted by Crippen LogP contribution is 2.23. The van der Waals surface area contributed by atoms with Crippen molar-refractivity contribution in [3.8, 4) is 0 Å². The van der Waals surface area contributed by atoms with Gasteiger partial charge in [0.2, 0.25) is 5.91 Å². The van der Waals surface area contributed by atoms with Gasteiger partial charge >= 0.3 is 0 Å². The van der Waals surface area contributed by atoms with E-state index in [1.165, 1.54) is 83.5 Å². The van der Waals surface area contributed by atoms with Crippen LogP contribution in [-0.2, 0) is 14.3 Å². The molecule has 52 heavy (non-hydrogen) atoms. The van der Waals surface area contributed by atoms with Crippen molar-refractivity contribution < 1.29 is 50.0 Å². The highest BCUT2D eigenvalue weighted by molar-refractivity contribution is 5.80. The Morgan fingerprint density at radius 3 is 1.65 bits per heavy atom. The Balaban J connectivity index is 2.53. The molecule has 0 aliphatic carbocycles. The quantitative estimate of drug-likeness (QED) is 0.0299. The number of amides is 1. The van der Waals surface area contributed by atoms with Crippen LogP contribution in [-0.4, -0.2) is 110 Å². The monoisotopic (exact) mass is 746 g/mol. The summed E-state index contributed by atoms with van der Waals surface area (Å²) in [6, 6.07) is -1.17. The molecule has 0 aromatic rings. The number of nitrogens with one attached hydrogen (secondary N) is 1. The maximum absolute atomic E-state index is 13.0. The molecule has 1 aliphatic heterocycles. The fraction of sp³-hybridized carbons (Fsp3) is 0.927. The number of aliphatic hydroxyl groups excluding tert-OH is 7. The highest BCUT2D eigenvalue weighted by Gasteiger charge is 2.44. The molecule has 1 amide bonds. The minimum Gasteiger partial charge on any atom is -0.394 e. The van der Waals surface area contributed by atoms with E-state index in [-0.39, 0.29) is 6.42 Å². The van der Waals surface area contributed by atoms with Crippen LogP contribution in [0.5, 0.6) is 0 Å². The van der Waals surface area contributed by atoms with Gasteiger partial charge in [0.25, 0.3) is 0 Å². The molecule has 0 saturated carbocycles. The van der Waals surface area contributed by atoms with Crippen molar-refractivity contribution in [2.45, 2.75) is 229 Å². The van der Waals surface area contributed by atoms with Gasteiger partial charge < -0.3 is 50.5 Å². The highest BCUT2D eigenvalue weighted by atomic mass is 16.7. The van der Waals surface area contributed by atoms with E-state index in [2.05, 4.69) is 31.3 Å². The second-order valence-corrected chi connectivity index (χ2v) is 15.1. The summed E-state index contributed by atoms with van der Waals surface area (Å²) in [6.07, 6.45) is 19.8. The van der Waals surface area contributed by atoms with Crippen LogP contribution < -0.4 is 5.32 Å². The molecule has 0 aromatic carbocycles. The Labute approximate surface area is 315 Å². The molecule has 1 aliphatic rings. The average Bonchev–Trinajstić information content (AvgIpc) is 3.14. The van der Waals surface area contributed by atoms with Crippen LogP contribution >= 0.6 is 0 Å². The fourth-order valence-electron chi connectivity index (χ4n) is 6.73. The zero-order valence-corrected chi connectivity index (χ0v) is 32.8. The van der Waals surface area contributed by atoms with Gasteiger partial charge in [-0.3, -0.25) is 4.79 Å². The third kappa shape index (κ3) is 22.3. The Kier molecular flexibility index (Phi) is 30.2. The zero-order chi connectivity index (χ0) is 38.4. The van der Waals surface area contributed by atoms with E-state index in [0.29, 0.717) is 19.3 Å². The molecule has 1 heterocycles. The van der Waals surface area contributed by atoms with Crippen molar-refractivity contribution in [1.82, 2.24) is 5.32 Å². The molecule has 1 saturated heterocycles.